The highest BCUT2D eigenvalue weighted by atomic mass is 16.6. The molecule has 1 unspecified atom stereocenters. The molecular formula is C37H66O6. The van der Waals surface area contributed by atoms with Crippen LogP contribution < -0.4 is 0 Å². The van der Waals surface area contributed by atoms with E-state index in [1.807, 2.05) is 12.2 Å². The van der Waals surface area contributed by atoms with Gasteiger partial charge in [-0.1, -0.05) is 147 Å². The first kappa shape index (κ1) is 41.1. The van der Waals surface area contributed by atoms with E-state index in [1.54, 1.807) is 6.08 Å². The molecule has 0 aromatic carbocycles. The van der Waals surface area contributed by atoms with E-state index in [1.165, 1.54) is 89.9 Å². The molecule has 6 heteroatoms. The van der Waals surface area contributed by atoms with Crippen molar-refractivity contribution in [2.24, 2.45) is 0 Å². The van der Waals surface area contributed by atoms with Crippen molar-refractivity contribution in [2.45, 2.75) is 174 Å². The van der Waals surface area contributed by atoms with Crippen molar-refractivity contribution in [1.29, 1.82) is 0 Å². The Kier molecular flexibility index (Phi) is 31.5. The summed E-state index contributed by atoms with van der Waals surface area (Å²) in [6.07, 6.45) is 35.2. The molecule has 0 saturated carbocycles. The van der Waals surface area contributed by atoms with Crippen LogP contribution in [-0.4, -0.2) is 47.6 Å². The van der Waals surface area contributed by atoms with Crippen LogP contribution in [0.1, 0.15) is 162 Å². The summed E-state index contributed by atoms with van der Waals surface area (Å²) in [7, 11) is 0. The van der Waals surface area contributed by atoms with E-state index in [4.69, 9.17) is 9.47 Å². The maximum atomic E-state index is 12.1. The Balaban J connectivity index is 3.80. The maximum Gasteiger partial charge on any atom is 0.306 e. The summed E-state index contributed by atoms with van der Waals surface area (Å²) >= 11 is 0. The maximum absolute atomic E-state index is 12.1. The molecule has 250 valence electrons. The molecule has 0 aromatic rings. The number of aliphatic hydroxyl groups is 2. The van der Waals surface area contributed by atoms with Gasteiger partial charge in [-0.2, -0.15) is 0 Å². The van der Waals surface area contributed by atoms with Gasteiger partial charge in [-0.3, -0.25) is 9.59 Å². The molecule has 2 atom stereocenters. The number of hydrogen-bond donors (Lipinski definition) is 2. The average molecular weight is 607 g/mol. The molecule has 0 aliphatic carbocycles. The lowest BCUT2D eigenvalue weighted by molar-refractivity contribution is -0.161. The van der Waals surface area contributed by atoms with Crippen LogP contribution in [0.4, 0.5) is 0 Å². The highest BCUT2D eigenvalue weighted by molar-refractivity contribution is 5.70. The van der Waals surface area contributed by atoms with Gasteiger partial charge in [0.15, 0.2) is 6.10 Å². The first-order valence-electron chi connectivity index (χ1n) is 17.7. The summed E-state index contributed by atoms with van der Waals surface area (Å²) in [5, 5.41) is 19.6. The molecule has 0 saturated heterocycles. The van der Waals surface area contributed by atoms with Gasteiger partial charge >= 0.3 is 11.9 Å². The molecule has 0 amide bonds. The van der Waals surface area contributed by atoms with Gasteiger partial charge < -0.3 is 19.7 Å². The molecule has 0 radical (unpaired) electrons. The average Bonchev–Trinajstić information content (AvgIpc) is 3.00. The zero-order chi connectivity index (χ0) is 31.6. The Bertz CT molecular complexity index is 714. The Hall–Kier alpha value is -1.92. The molecule has 2 N–H and O–H groups in total. The van der Waals surface area contributed by atoms with Gasteiger partial charge in [0.25, 0.3) is 0 Å². The molecule has 0 bridgehead atoms. The Labute approximate surface area is 264 Å². The van der Waals surface area contributed by atoms with Gasteiger partial charge in [0, 0.05) is 12.8 Å². The summed E-state index contributed by atoms with van der Waals surface area (Å²) in [6, 6.07) is 0. The second-order valence-corrected chi connectivity index (χ2v) is 11.8. The van der Waals surface area contributed by atoms with E-state index < -0.39 is 24.8 Å². The second-order valence-electron chi connectivity index (χ2n) is 11.8. The summed E-state index contributed by atoms with van der Waals surface area (Å²) in [5.74, 6) is -0.789. The number of rotatable bonds is 31. The van der Waals surface area contributed by atoms with Crippen LogP contribution in [0.15, 0.2) is 36.5 Å². The SMILES string of the molecule is CCCCCCCC/C=C/C/C=C/C=C/C(O)CCCC(=O)O[C@@H](CO)COC(=O)CCCCCCCCCCCCC. The van der Waals surface area contributed by atoms with Crippen LogP contribution in [0.5, 0.6) is 0 Å². The van der Waals surface area contributed by atoms with Crippen molar-refractivity contribution in [3.63, 3.8) is 0 Å². The third-order valence-electron chi connectivity index (χ3n) is 7.54. The highest BCUT2D eigenvalue weighted by Gasteiger charge is 2.16. The van der Waals surface area contributed by atoms with E-state index in [-0.39, 0.29) is 19.0 Å². The highest BCUT2D eigenvalue weighted by Crippen LogP contribution is 2.13. The Morgan fingerprint density at radius 3 is 1.81 bits per heavy atom. The van der Waals surface area contributed by atoms with Crippen LogP contribution in [0, 0.1) is 0 Å². The summed E-state index contributed by atoms with van der Waals surface area (Å²) in [4.78, 5) is 24.1. The topological polar surface area (TPSA) is 93.1 Å². The number of aliphatic hydroxyl groups excluding tert-OH is 2. The number of carbonyl (C=O) groups excluding carboxylic acids is 2. The second kappa shape index (κ2) is 33.0. The van der Waals surface area contributed by atoms with Crippen LogP contribution in [0.3, 0.4) is 0 Å². The number of carbonyl (C=O) groups is 2. The van der Waals surface area contributed by atoms with Crippen molar-refractivity contribution in [3.05, 3.63) is 36.5 Å². The van der Waals surface area contributed by atoms with Crippen molar-refractivity contribution in [3.8, 4) is 0 Å². The van der Waals surface area contributed by atoms with Crippen molar-refractivity contribution in [2.75, 3.05) is 13.2 Å². The fourth-order valence-electron chi connectivity index (χ4n) is 4.80. The van der Waals surface area contributed by atoms with Crippen LogP contribution >= 0.6 is 0 Å². The standard InChI is InChI=1S/C37H66O6/c1-3-5-7-9-11-13-15-16-18-19-21-23-25-28-34(39)29-27-31-37(41)43-35(32-38)33-42-36(40)30-26-24-22-20-17-14-12-10-8-6-4-2/h16,18,21,23,25,28,34-35,38-39H,3-15,17,19-20,22,24,26-27,29-33H2,1-2H3/b18-16+,23-21+,28-25+/t34?,35-/m0/s1. The number of ether oxygens (including phenoxy) is 2. The van der Waals surface area contributed by atoms with Gasteiger partial charge in [-0.15, -0.1) is 0 Å². The minimum absolute atomic E-state index is 0.132. The van der Waals surface area contributed by atoms with Crippen molar-refractivity contribution >= 4 is 11.9 Å². The quantitative estimate of drug-likeness (QED) is 0.0353. The largest absolute Gasteiger partial charge is 0.462 e. The van der Waals surface area contributed by atoms with Crippen LogP contribution in [-0.2, 0) is 19.1 Å². The third-order valence-corrected chi connectivity index (χ3v) is 7.54. The lowest BCUT2D eigenvalue weighted by atomic mass is 10.1. The molecule has 0 fully saturated rings. The van der Waals surface area contributed by atoms with Crippen molar-refractivity contribution in [1.82, 2.24) is 0 Å². The fourth-order valence-corrected chi connectivity index (χ4v) is 4.80. The Morgan fingerprint density at radius 1 is 0.651 bits per heavy atom. The normalized spacial score (nSPS) is 13.3. The minimum atomic E-state index is -0.858. The van der Waals surface area contributed by atoms with Gasteiger partial charge in [-0.05, 0) is 38.5 Å². The van der Waals surface area contributed by atoms with Crippen LogP contribution in [0.2, 0.25) is 0 Å². The van der Waals surface area contributed by atoms with E-state index in [9.17, 15) is 19.8 Å². The lowest BCUT2D eigenvalue weighted by Gasteiger charge is -2.16. The summed E-state index contributed by atoms with van der Waals surface area (Å²) < 4.78 is 10.4. The first-order valence-corrected chi connectivity index (χ1v) is 17.7. The van der Waals surface area contributed by atoms with Crippen LogP contribution in [0.25, 0.3) is 0 Å². The van der Waals surface area contributed by atoms with Crippen molar-refractivity contribution < 1.29 is 29.3 Å². The molecule has 0 spiro atoms. The molecular weight excluding hydrogens is 540 g/mol. The smallest absolute Gasteiger partial charge is 0.306 e. The number of hydrogen-bond acceptors (Lipinski definition) is 6. The van der Waals surface area contributed by atoms with E-state index in [0.29, 0.717) is 19.3 Å². The summed E-state index contributed by atoms with van der Waals surface area (Å²) in [5.41, 5.74) is 0. The number of allylic oxidation sites excluding steroid dienone is 5. The lowest BCUT2D eigenvalue weighted by Crippen LogP contribution is -2.28. The van der Waals surface area contributed by atoms with Gasteiger partial charge in [-0.25, -0.2) is 0 Å². The van der Waals surface area contributed by atoms with E-state index >= 15 is 0 Å². The molecule has 0 heterocycles. The minimum Gasteiger partial charge on any atom is -0.462 e. The van der Waals surface area contributed by atoms with Gasteiger partial charge in [0.2, 0.25) is 0 Å². The predicted octanol–water partition coefficient (Wildman–Crippen LogP) is 9.48. The van der Waals surface area contributed by atoms with E-state index in [0.717, 1.165) is 32.1 Å². The molecule has 0 aromatic heterocycles. The zero-order valence-corrected chi connectivity index (χ0v) is 27.8. The number of esters is 2. The number of unbranched alkanes of at least 4 members (excludes halogenated alkanes) is 16. The fraction of sp³-hybridized carbons (Fsp3) is 0.784. The first-order chi connectivity index (χ1) is 21.0. The van der Waals surface area contributed by atoms with Gasteiger partial charge in [0.05, 0.1) is 12.7 Å². The Morgan fingerprint density at radius 2 is 1.21 bits per heavy atom. The summed E-state index contributed by atoms with van der Waals surface area (Å²) in [6.45, 7) is 3.95. The van der Waals surface area contributed by atoms with E-state index in [2.05, 4.69) is 32.1 Å². The molecule has 0 aliphatic rings. The monoisotopic (exact) mass is 606 g/mol. The third kappa shape index (κ3) is 31.3. The predicted molar refractivity (Wildman–Crippen MR) is 179 cm³/mol. The van der Waals surface area contributed by atoms with Gasteiger partial charge in [0.1, 0.15) is 6.61 Å². The molecule has 43 heavy (non-hydrogen) atoms. The molecule has 6 nitrogen and oxygen atoms in total. The zero-order valence-electron chi connectivity index (χ0n) is 27.8. The molecule has 0 aliphatic heterocycles. The molecule has 0 rings (SSSR count).